The minimum absolute atomic E-state index is 0.138. The highest BCUT2D eigenvalue weighted by atomic mass is 79.9. The van der Waals surface area contributed by atoms with Crippen molar-refractivity contribution in [2.75, 3.05) is 0 Å². The molecule has 0 aliphatic heterocycles. The van der Waals surface area contributed by atoms with Crippen LogP contribution in [0.15, 0.2) is 41.1 Å². The summed E-state index contributed by atoms with van der Waals surface area (Å²) in [4.78, 5) is 15.1. The number of carboxylic acids is 1. The van der Waals surface area contributed by atoms with Gasteiger partial charge < -0.3 is 9.84 Å². The van der Waals surface area contributed by atoms with Crippen molar-refractivity contribution in [1.29, 1.82) is 0 Å². The second kappa shape index (κ2) is 5.18. The third kappa shape index (κ3) is 2.68. The fraction of sp³-hybridized carbons (Fsp3) is 0.0769. The molecule has 18 heavy (non-hydrogen) atoms. The van der Waals surface area contributed by atoms with Gasteiger partial charge in [-0.2, -0.15) is 0 Å². The number of aryl methyl sites for hydroxylation is 1. The number of ether oxygens (including phenoxy) is 1. The summed E-state index contributed by atoms with van der Waals surface area (Å²) in [7, 11) is 0. The Morgan fingerprint density at radius 2 is 2.11 bits per heavy atom. The van der Waals surface area contributed by atoms with Gasteiger partial charge in [0.1, 0.15) is 17.1 Å². The average Bonchev–Trinajstić information content (AvgIpc) is 2.34. The molecule has 1 heterocycles. The molecule has 1 N–H and O–H groups in total. The van der Waals surface area contributed by atoms with Gasteiger partial charge >= 0.3 is 5.97 Å². The molecule has 4 nitrogen and oxygen atoms in total. The van der Waals surface area contributed by atoms with Crippen molar-refractivity contribution in [1.82, 2.24) is 4.98 Å². The molecule has 92 valence electrons. The van der Waals surface area contributed by atoms with E-state index in [4.69, 9.17) is 9.84 Å². The van der Waals surface area contributed by atoms with Gasteiger partial charge in [0, 0.05) is 18.5 Å². The molecule has 0 unspecified atom stereocenters. The molecule has 0 fully saturated rings. The summed E-state index contributed by atoms with van der Waals surface area (Å²) in [6.45, 7) is 1.83. The van der Waals surface area contributed by atoms with E-state index < -0.39 is 5.97 Å². The number of hydrogen-bond donors (Lipinski definition) is 1. The Labute approximate surface area is 112 Å². The maximum Gasteiger partial charge on any atom is 0.339 e. The Hall–Kier alpha value is -1.88. The number of rotatable bonds is 3. The first-order valence-electron chi connectivity index (χ1n) is 5.19. The van der Waals surface area contributed by atoms with Crippen LogP contribution in [0.4, 0.5) is 0 Å². The molecule has 1 aromatic carbocycles. The standard InChI is InChI=1S/C13H10BrNO3/c1-8-2-3-11(9(6-8)13(16)17)18-12-4-5-15-7-10(12)14/h2-7H,1H3,(H,16,17). The van der Waals surface area contributed by atoms with E-state index >= 15 is 0 Å². The van der Waals surface area contributed by atoms with Gasteiger partial charge in [0.15, 0.2) is 0 Å². The second-order valence-electron chi connectivity index (χ2n) is 3.71. The molecule has 5 heteroatoms. The quantitative estimate of drug-likeness (QED) is 0.940. The van der Waals surface area contributed by atoms with Crippen LogP contribution >= 0.6 is 15.9 Å². The smallest absolute Gasteiger partial charge is 0.339 e. The van der Waals surface area contributed by atoms with Gasteiger partial charge in [-0.05, 0) is 35.0 Å². The predicted octanol–water partition coefficient (Wildman–Crippen LogP) is 3.64. The van der Waals surface area contributed by atoms with E-state index in [2.05, 4.69) is 20.9 Å². The molecule has 0 spiro atoms. The molecule has 2 rings (SSSR count). The number of carboxylic acid groups (broad SMARTS) is 1. The van der Waals surface area contributed by atoms with Crippen LogP contribution < -0.4 is 4.74 Å². The number of aromatic carboxylic acids is 1. The van der Waals surface area contributed by atoms with E-state index in [1.54, 1.807) is 36.7 Å². The Morgan fingerprint density at radius 1 is 1.33 bits per heavy atom. The lowest BCUT2D eigenvalue weighted by molar-refractivity contribution is 0.0694. The molecular formula is C13H10BrNO3. The van der Waals surface area contributed by atoms with Crippen LogP contribution in [-0.2, 0) is 0 Å². The zero-order valence-corrected chi connectivity index (χ0v) is 11.1. The van der Waals surface area contributed by atoms with E-state index in [0.29, 0.717) is 16.0 Å². The molecule has 0 atom stereocenters. The number of aromatic nitrogens is 1. The fourth-order valence-electron chi connectivity index (χ4n) is 1.46. The van der Waals surface area contributed by atoms with Crippen molar-refractivity contribution in [2.24, 2.45) is 0 Å². The molecule has 1 aromatic heterocycles. The van der Waals surface area contributed by atoms with Crippen molar-refractivity contribution in [2.45, 2.75) is 6.92 Å². The maximum absolute atomic E-state index is 11.1. The molecule has 0 aliphatic carbocycles. The SMILES string of the molecule is Cc1ccc(Oc2ccncc2Br)c(C(=O)O)c1. The topological polar surface area (TPSA) is 59.4 Å². The molecule has 0 radical (unpaired) electrons. The molecule has 0 saturated carbocycles. The predicted molar refractivity (Wildman–Crippen MR) is 70.1 cm³/mol. The van der Waals surface area contributed by atoms with Gasteiger partial charge in [0.25, 0.3) is 0 Å². The Kier molecular flexibility index (Phi) is 3.62. The highest BCUT2D eigenvalue weighted by Gasteiger charge is 2.13. The Balaban J connectivity index is 2.41. The average molecular weight is 308 g/mol. The summed E-state index contributed by atoms with van der Waals surface area (Å²) in [5.41, 5.74) is 1.01. The molecule has 0 bridgehead atoms. The molecule has 0 aliphatic rings. The number of hydrogen-bond acceptors (Lipinski definition) is 3. The summed E-state index contributed by atoms with van der Waals surface area (Å²) in [5.74, 6) is -0.185. The van der Waals surface area contributed by atoms with Crippen molar-refractivity contribution in [3.05, 3.63) is 52.3 Å². The third-order valence-electron chi connectivity index (χ3n) is 2.32. The van der Waals surface area contributed by atoms with Crippen LogP contribution in [0.25, 0.3) is 0 Å². The fourth-order valence-corrected chi connectivity index (χ4v) is 1.79. The van der Waals surface area contributed by atoms with Crippen LogP contribution in [0.5, 0.6) is 11.5 Å². The van der Waals surface area contributed by atoms with E-state index in [-0.39, 0.29) is 5.56 Å². The van der Waals surface area contributed by atoms with Crippen LogP contribution in [0, 0.1) is 6.92 Å². The van der Waals surface area contributed by atoms with Gasteiger partial charge in [0.2, 0.25) is 0 Å². The normalized spacial score (nSPS) is 10.1. The van der Waals surface area contributed by atoms with Crippen molar-refractivity contribution >= 4 is 21.9 Å². The molecule has 0 amide bonds. The summed E-state index contributed by atoms with van der Waals surface area (Å²) in [5, 5.41) is 9.13. The van der Waals surface area contributed by atoms with E-state index in [0.717, 1.165) is 5.56 Å². The van der Waals surface area contributed by atoms with Gasteiger partial charge in [-0.15, -0.1) is 0 Å². The lowest BCUT2D eigenvalue weighted by Gasteiger charge is -2.10. The summed E-state index contributed by atoms with van der Waals surface area (Å²) >= 11 is 3.29. The minimum Gasteiger partial charge on any atom is -0.478 e. The first-order chi connectivity index (χ1) is 8.58. The monoisotopic (exact) mass is 307 g/mol. The van der Waals surface area contributed by atoms with Crippen molar-refractivity contribution in [3.8, 4) is 11.5 Å². The molecule has 0 saturated heterocycles. The maximum atomic E-state index is 11.1. The zero-order chi connectivity index (χ0) is 13.1. The van der Waals surface area contributed by atoms with Crippen LogP contribution in [0.3, 0.4) is 0 Å². The van der Waals surface area contributed by atoms with Gasteiger partial charge in [0.05, 0.1) is 4.47 Å². The van der Waals surface area contributed by atoms with Crippen molar-refractivity contribution in [3.63, 3.8) is 0 Å². The summed E-state index contributed by atoms with van der Waals surface area (Å²) in [6, 6.07) is 6.69. The number of halogens is 1. The van der Waals surface area contributed by atoms with Gasteiger partial charge in [-0.25, -0.2) is 4.79 Å². The largest absolute Gasteiger partial charge is 0.478 e. The van der Waals surface area contributed by atoms with Crippen molar-refractivity contribution < 1.29 is 14.6 Å². The minimum atomic E-state index is -1.01. The van der Waals surface area contributed by atoms with Crippen LogP contribution in [0.1, 0.15) is 15.9 Å². The van der Waals surface area contributed by atoms with Gasteiger partial charge in [-0.3, -0.25) is 4.98 Å². The highest BCUT2D eigenvalue weighted by molar-refractivity contribution is 9.10. The summed E-state index contributed by atoms with van der Waals surface area (Å²) in [6.07, 6.45) is 3.17. The molecular weight excluding hydrogens is 298 g/mol. The highest BCUT2D eigenvalue weighted by Crippen LogP contribution is 2.31. The number of pyridine rings is 1. The second-order valence-corrected chi connectivity index (χ2v) is 4.57. The summed E-state index contributed by atoms with van der Waals surface area (Å²) < 4.78 is 6.26. The molecule has 2 aromatic rings. The lowest BCUT2D eigenvalue weighted by Crippen LogP contribution is -2.00. The first-order valence-corrected chi connectivity index (χ1v) is 5.98. The van der Waals surface area contributed by atoms with Crippen LogP contribution in [-0.4, -0.2) is 16.1 Å². The van der Waals surface area contributed by atoms with E-state index in [9.17, 15) is 4.79 Å². The lowest BCUT2D eigenvalue weighted by atomic mass is 10.1. The first kappa shape index (κ1) is 12.6. The van der Waals surface area contributed by atoms with E-state index in [1.165, 1.54) is 0 Å². The Bertz CT molecular complexity index is 599. The number of carbonyl (C=O) groups is 1. The Morgan fingerprint density at radius 3 is 2.78 bits per heavy atom. The zero-order valence-electron chi connectivity index (χ0n) is 9.55. The number of nitrogens with zero attached hydrogens (tertiary/aromatic N) is 1. The van der Waals surface area contributed by atoms with Crippen LogP contribution in [0.2, 0.25) is 0 Å². The van der Waals surface area contributed by atoms with Gasteiger partial charge in [-0.1, -0.05) is 11.6 Å². The third-order valence-corrected chi connectivity index (χ3v) is 2.92. The number of benzene rings is 1. The van der Waals surface area contributed by atoms with E-state index in [1.807, 2.05) is 6.92 Å².